The lowest BCUT2D eigenvalue weighted by Crippen LogP contribution is -2.12. The summed E-state index contributed by atoms with van der Waals surface area (Å²) in [7, 11) is 4.20. The van der Waals surface area contributed by atoms with Gasteiger partial charge in [0.25, 0.3) is 0 Å². The molecule has 144 valence electrons. The van der Waals surface area contributed by atoms with Gasteiger partial charge in [0.15, 0.2) is 0 Å². The van der Waals surface area contributed by atoms with Crippen LogP contribution in [0.3, 0.4) is 0 Å². The summed E-state index contributed by atoms with van der Waals surface area (Å²) in [6.07, 6.45) is 0. The zero-order chi connectivity index (χ0) is 19.8. The maximum absolute atomic E-state index is 12.4. The largest absolute Gasteiger partial charge is 0.481 e. The van der Waals surface area contributed by atoms with E-state index >= 15 is 0 Å². The Kier molecular flexibility index (Phi) is 6.93. The maximum atomic E-state index is 12.4. The van der Waals surface area contributed by atoms with Gasteiger partial charge in [-0.3, -0.25) is 0 Å². The van der Waals surface area contributed by atoms with Crippen molar-refractivity contribution in [1.82, 2.24) is 9.97 Å². The van der Waals surface area contributed by atoms with Crippen molar-refractivity contribution in [3.63, 3.8) is 0 Å². The summed E-state index contributed by atoms with van der Waals surface area (Å²) in [5.74, 6) is 0.102. The van der Waals surface area contributed by atoms with Crippen LogP contribution in [-0.4, -0.2) is 49.6 Å². The molecule has 9 nitrogen and oxygen atoms in total. The highest BCUT2D eigenvalue weighted by molar-refractivity contribution is 6.09. The van der Waals surface area contributed by atoms with Gasteiger partial charge in [-0.1, -0.05) is 17.3 Å². The summed E-state index contributed by atoms with van der Waals surface area (Å²) in [5.41, 5.74) is 1.17. The quantitative estimate of drug-likeness (QED) is 0.394. The number of nitrogens with zero attached hydrogens (tertiary/aromatic N) is 3. The Bertz CT molecular complexity index is 816. The lowest BCUT2D eigenvalue weighted by molar-refractivity contribution is 0.0597. The second-order valence-corrected chi connectivity index (χ2v) is 5.10. The minimum atomic E-state index is -0.596. The van der Waals surface area contributed by atoms with Gasteiger partial charge >= 0.3 is 12.0 Å². The molecule has 0 aliphatic carbocycles. The SMILES string of the molecule is CCO/N=C(/C)c1cccc(Oc2nc(OC)cc(OC)n2)c1C(=O)OC. The standard InChI is InChI=1S/C18H21N3O6/c1-6-26-21-11(2)12-8-7-9-13(16(12)17(22)25-5)27-18-19-14(23-3)10-15(20-18)24-4/h7-10H,6H2,1-5H3/b21-11-. The molecule has 1 heterocycles. The first-order valence-corrected chi connectivity index (χ1v) is 8.07. The lowest BCUT2D eigenvalue weighted by Gasteiger charge is -2.13. The van der Waals surface area contributed by atoms with Crippen LogP contribution in [0.25, 0.3) is 0 Å². The Hall–Kier alpha value is -3.36. The first kappa shape index (κ1) is 20.0. The highest BCUT2D eigenvalue weighted by Crippen LogP contribution is 2.29. The molecule has 0 aliphatic rings. The van der Waals surface area contributed by atoms with E-state index in [2.05, 4.69) is 15.1 Å². The number of carbonyl (C=O) groups is 1. The molecule has 9 heteroatoms. The second kappa shape index (κ2) is 9.37. The number of aromatic nitrogens is 2. The topological polar surface area (TPSA) is 101 Å². The van der Waals surface area contributed by atoms with Gasteiger partial charge in [-0.2, -0.15) is 9.97 Å². The van der Waals surface area contributed by atoms with Crippen molar-refractivity contribution in [3.05, 3.63) is 35.4 Å². The first-order chi connectivity index (χ1) is 13.0. The molecule has 1 aromatic heterocycles. The third kappa shape index (κ3) is 4.84. The van der Waals surface area contributed by atoms with E-state index in [0.717, 1.165) is 0 Å². The molecule has 0 aliphatic heterocycles. The minimum absolute atomic E-state index is 0.0482. The summed E-state index contributed by atoms with van der Waals surface area (Å²) in [6, 6.07) is 6.47. The van der Waals surface area contributed by atoms with Crippen molar-refractivity contribution in [1.29, 1.82) is 0 Å². The minimum Gasteiger partial charge on any atom is -0.481 e. The fourth-order valence-electron chi connectivity index (χ4n) is 2.18. The van der Waals surface area contributed by atoms with E-state index in [4.69, 9.17) is 23.8 Å². The molecule has 0 saturated heterocycles. The predicted molar refractivity (Wildman–Crippen MR) is 96.8 cm³/mol. The molecule has 0 radical (unpaired) electrons. The van der Waals surface area contributed by atoms with E-state index in [0.29, 0.717) is 17.9 Å². The zero-order valence-corrected chi connectivity index (χ0v) is 15.8. The molecule has 0 fully saturated rings. The fourth-order valence-corrected chi connectivity index (χ4v) is 2.18. The summed E-state index contributed by atoms with van der Waals surface area (Å²) in [4.78, 5) is 25.7. The van der Waals surface area contributed by atoms with Crippen molar-refractivity contribution < 1.29 is 28.6 Å². The molecule has 2 aromatic rings. The number of oxime groups is 1. The van der Waals surface area contributed by atoms with E-state index in [1.807, 2.05) is 6.92 Å². The number of methoxy groups -OCH3 is 3. The summed E-state index contributed by atoms with van der Waals surface area (Å²) >= 11 is 0. The van der Waals surface area contributed by atoms with Crippen LogP contribution in [0.1, 0.15) is 29.8 Å². The average Bonchev–Trinajstić information content (AvgIpc) is 2.70. The van der Waals surface area contributed by atoms with Crippen molar-refractivity contribution in [2.24, 2.45) is 5.16 Å². The van der Waals surface area contributed by atoms with E-state index in [1.54, 1.807) is 25.1 Å². The third-order valence-corrected chi connectivity index (χ3v) is 3.41. The molecule has 0 spiro atoms. The van der Waals surface area contributed by atoms with Crippen LogP contribution in [0.2, 0.25) is 0 Å². The van der Waals surface area contributed by atoms with Crippen molar-refractivity contribution in [2.75, 3.05) is 27.9 Å². The molecule has 0 unspecified atom stereocenters. The maximum Gasteiger partial charge on any atom is 0.342 e. The molecule has 0 amide bonds. The number of esters is 1. The average molecular weight is 375 g/mol. The van der Waals surface area contributed by atoms with Gasteiger partial charge in [-0.05, 0) is 19.9 Å². The predicted octanol–water partition coefficient (Wildman–Crippen LogP) is 2.83. The van der Waals surface area contributed by atoms with Gasteiger partial charge in [-0.25, -0.2) is 4.79 Å². The number of benzene rings is 1. The number of hydrogen-bond donors (Lipinski definition) is 0. The normalized spacial score (nSPS) is 10.9. The van der Waals surface area contributed by atoms with Crippen molar-refractivity contribution >= 4 is 11.7 Å². The van der Waals surface area contributed by atoms with Crippen LogP contribution < -0.4 is 14.2 Å². The summed E-state index contributed by atoms with van der Waals surface area (Å²) < 4.78 is 20.8. The van der Waals surface area contributed by atoms with Crippen LogP contribution >= 0.6 is 0 Å². The van der Waals surface area contributed by atoms with Gasteiger partial charge in [-0.15, -0.1) is 0 Å². The fraction of sp³-hybridized carbons (Fsp3) is 0.333. The van der Waals surface area contributed by atoms with E-state index in [1.165, 1.54) is 27.4 Å². The third-order valence-electron chi connectivity index (χ3n) is 3.41. The monoisotopic (exact) mass is 375 g/mol. The highest BCUT2D eigenvalue weighted by Gasteiger charge is 2.22. The Labute approximate surface area is 156 Å². The number of carbonyl (C=O) groups excluding carboxylic acids is 1. The molecule has 1 aromatic carbocycles. The van der Waals surface area contributed by atoms with Gasteiger partial charge in [0, 0.05) is 5.56 Å². The van der Waals surface area contributed by atoms with Gasteiger partial charge in [0.1, 0.15) is 17.9 Å². The molecule has 0 bridgehead atoms. The van der Waals surface area contributed by atoms with Crippen molar-refractivity contribution in [3.8, 4) is 23.5 Å². The molecule has 0 saturated carbocycles. The van der Waals surface area contributed by atoms with E-state index < -0.39 is 5.97 Å². The molecular formula is C18H21N3O6. The van der Waals surface area contributed by atoms with Crippen LogP contribution in [0.4, 0.5) is 0 Å². The first-order valence-electron chi connectivity index (χ1n) is 8.07. The van der Waals surface area contributed by atoms with Gasteiger partial charge < -0.3 is 23.8 Å². The lowest BCUT2D eigenvalue weighted by atomic mass is 10.0. The number of rotatable bonds is 8. The Morgan fingerprint density at radius 1 is 1.11 bits per heavy atom. The Balaban J connectivity index is 2.52. The number of ether oxygens (including phenoxy) is 4. The molecule has 0 N–H and O–H groups in total. The van der Waals surface area contributed by atoms with Crippen molar-refractivity contribution in [2.45, 2.75) is 13.8 Å². The Morgan fingerprint density at radius 2 is 1.78 bits per heavy atom. The smallest absolute Gasteiger partial charge is 0.342 e. The van der Waals surface area contributed by atoms with Gasteiger partial charge in [0.2, 0.25) is 11.8 Å². The molecule has 27 heavy (non-hydrogen) atoms. The van der Waals surface area contributed by atoms with Crippen LogP contribution in [-0.2, 0) is 9.57 Å². The summed E-state index contributed by atoms with van der Waals surface area (Å²) in [6.45, 7) is 3.93. The van der Waals surface area contributed by atoms with Crippen LogP contribution in [0, 0.1) is 0 Å². The van der Waals surface area contributed by atoms with E-state index in [-0.39, 0.29) is 29.1 Å². The highest BCUT2D eigenvalue weighted by atomic mass is 16.6. The second-order valence-electron chi connectivity index (χ2n) is 5.10. The van der Waals surface area contributed by atoms with Crippen LogP contribution in [0.15, 0.2) is 29.4 Å². The zero-order valence-electron chi connectivity index (χ0n) is 15.8. The molecule has 0 atom stereocenters. The van der Waals surface area contributed by atoms with E-state index in [9.17, 15) is 4.79 Å². The van der Waals surface area contributed by atoms with Crippen LogP contribution in [0.5, 0.6) is 23.5 Å². The Morgan fingerprint density at radius 3 is 2.33 bits per heavy atom. The molecule has 2 rings (SSSR count). The summed E-state index contributed by atoms with van der Waals surface area (Å²) in [5, 5.41) is 3.98. The molecular weight excluding hydrogens is 354 g/mol. The number of hydrogen-bond acceptors (Lipinski definition) is 9. The van der Waals surface area contributed by atoms with Gasteiger partial charge in [0.05, 0.1) is 33.1 Å².